The Bertz CT molecular complexity index is 499. The van der Waals surface area contributed by atoms with Crippen LogP contribution < -0.4 is 0 Å². The first-order chi connectivity index (χ1) is 12.7. The minimum atomic E-state index is -3.28. The highest BCUT2D eigenvalue weighted by Crippen LogP contribution is 2.09. The minimum absolute atomic E-state index is 0.204. The highest BCUT2D eigenvalue weighted by atomic mass is 16.4. The number of aliphatic carboxylic acids is 1. The predicted octanol–water partition coefficient (Wildman–Crippen LogP) is 5.72. The largest absolute Gasteiger partial charge is 0.481 e. The van der Waals surface area contributed by atoms with Gasteiger partial charge in [0, 0.05) is 18.8 Å². The lowest BCUT2D eigenvalue weighted by atomic mass is 10.1. The van der Waals surface area contributed by atoms with E-state index in [1.54, 1.807) is 0 Å². The van der Waals surface area contributed by atoms with Gasteiger partial charge in [0.2, 0.25) is 0 Å². The van der Waals surface area contributed by atoms with E-state index < -0.39 is 31.9 Å². The summed E-state index contributed by atoms with van der Waals surface area (Å²) in [4.78, 5) is 10.4. The van der Waals surface area contributed by atoms with Gasteiger partial charge in [-0.05, 0) is 32.1 Å². The minimum Gasteiger partial charge on any atom is -0.481 e. The molecular weight excluding hydrogens is 236 g/mol. The number of carbonyl (C=O) groups is 1. The predicted molar refractivity (Wildman–Crippen MR) is 82.5 cm³/mol. The van der Waals surface area contributed by atoms with Crippen LogP contribution in [0.4, 0.5) is 0 Å². The van der Waals surface area contributed by atoms with E-state index in [0.717, 1.165) is 25.7 Å². The Morgan fingerprint density at radius 3 is 2.26 bits per heavy atom. The average molecular weight is 277 g/mol. The second-order valence-corrected chi connectivity index (χ2v) is 4.49. The van der Waals surface area contributed by atoms with Crippen LogP contribution in [-0.2, 0) is 4.79 Å². The quantitative estimate of drug-likeness (QED) is 0.326. The molecule has 0 spiro atoms. The lowest BCUT2D eigenvalue weighted by Gasteiger charge is -1.98. The summed E-state index contributed by atoms with van der Waals surface area (Å²) in [7, 11) is 0. The molecule has 0 amide bonds. The summed E-state index contributed by atoms with van der Waals surface area (Å²) < 4.78 is 67.9. The second kappa shape index (κ2) is 15.3. The van der Waals surface area contributed by atoms with Crippen molar-refractivity contribution < 1.29 is 22.2 Å². The van der Waals surface area contributed by atoms with Crippen molar-refractivity contribution in [3.63, 3.8) is 0 Å². The van der Waals surface area contributed by atoms with Gasteiger partial charge in [0.05, 0.1) is 0 Å². The molecule has 0 aromatic rings. The van der Waals surface area contributed by atoms with Crippen molar-refractivity contribution in [1.29, 1.82) is 0 Å². The Morgan fingerprint density at radius 1 is 1.00 bits per heavy atom. The number of hydrogen-bond acceptors (Lipinski definition) is 1. The number of allylic oxidation sites excluding steroid dienone is 2. The molecule has 0 atom stereocenters. The summed E-state index contributed by atoms with van der Waals surface area (Å²) in [5.74, 6) is -0.771. The molecule has 2 heteroatoms. The lowest BCUT2D eigenvalue weighted by Crippen LogP contribution is -1.93. The fourth-order valence-electron chi connectivity index (χ4n) is 1.71. The maximum Gasteiger partial charge on any atom is 0.303 e. The van der Waals surface area contributed by atoms with Crippen LogP contribution in [0.15, 0.2) is 12.2 Å². The van der Waals surface area contributed by atoms with E-state index in [1.165, 1.54) is 0 Å². The van der Waals surface area contributed by atoms with E-state index in [4.69, 9.17) is 17.4 Å². The first-order valence-corrected chi connectivity index (χ1v) is 7.03. The summed E-state index contributed by atoms with van der Waals surface area (Å²) in [6, 6.07) is 0. The van der Waals surface area contributed by atoms with Gasteiger partial charge in [0.1, 0.15) is 0 Å². The molecule has 2 nitrogen and oxygen atoms in total. The maximum absolute atomic E-state index is 10.4. The van der Waals surface area contributed by atoms with E-state index in [-0.39, 0.29) is 12.8 Å². The molecule has 0 aliphatic rings. The van der Waals surface area contributed by atoms with Gasteiger partial charge >= 0.3 is 5.97 Å². The third-order valence-corrected chi connectivity index (χ3v) is 2.75. The van der Waals surface area contributed by atoms with E-state index in [2.05, 4.69) is 0 Å². The fourth-order valence-corrected chi connectivity index (χ4v) is 1.71. The third kappa shape index (κ3) is 17.2. The maximum atomic E-state index is 10.4. The lowest BCUT2D eigenvalue weighted by molar-refractivity contribution is -0.137. The first kappa shape index (κ1) is 7.85. The van der Waals surface area contributed by atoms with Gasteiger partial charge in [-0.25, -0.2) is 0 Å². The smallest absolute Gasteiger partial charge is 0.303 e. The second-order valence-electron chi connectivity index (χ2n) is 4.49. The molecule has 0 aliphatic carbocycles. The van der Waals surface area contributed by atoms with Gasteiger partial charge in [0.25, 0.3) is 0 Å². The Labute approximate surface area is 131 Å². The van der Waals surface area contributed by atoms with Crippen LogP contribution in [0.2, 0.25) is 0 Å². The highest BCUT2D eigenvalue weighted by molar-refractivity contribution is 5.66. The molecule has 0 bridgehead atoms. The average Bonchev–Trinajstić information content (AvgIpc) is 2.54. The molecule has 0 fully saturated rings. The van der Waals surface area contributed by atoms with E-state index in [9.17, 15) is 4.79 Å². The van der Waals surface area contributed by atoms with Gasteiger partial charge in [0.15, 0.2) is 0 Å². The zero-order chi connectivity index (χ0) is 22.1. The van der Waals surface area contributed by atoms with Crippen molar-refractivity contribution in [3.05, 3.63) is 12.2 Å². The molecule has 0 rings (SSSR count). The molecule has 0 saturated carbocycles. The van der Waals surface area contributed by atoms with E-state index >= 15 is 0 Å². The molecule has 19 heavy (non-hydrogen) atoms. The van der Waals surface area contributed by atoms with Crippen molar-refractivity contribution in [2.75, 3.05) is 0 Å². The van der Waals surface area contributed by atoms with Crippen LogP contribution in [0.25, 0.3) is 0 Å². The molecule has 0 saturated heterocycles. The van der Waals surface area contributed by atoms with Gasteiger partial charge < -0.3 is 5.11 Å². The summed E-state index contributed by atoms with van der Waals surface area (Å²) in [5, 5.41) is 8.53. The molecule has 0 aliphatic heterocycles. The molecule has 1 N–H and O–H groups in total. The summed E-state index contributed by atoms with van der Waals surface area (Å²) in [5.41, 5.74) is 0. The van der Waals surface area contributed by atoms with Crippen LogP contribution in [0, 0.1) is 0 Å². The van der Waals surface area contributed by atoms with E-state index in [0.29, 0.717) is 25.7 Å². The summed E-state index contributed by atoms with van der Waals surface area (Å²) in [6.07, 6.45) is 0.921. The van der Waals surface area contributed by atoms with Gasteiger partial charge in [-0.2, -0.15) is 0 Å². The van der Waals surface area contributed by atoms with Crippen molar-refractivity contribution in [1.82, 2.24) is 0 Å². The van der Waals surface area contributed by atoms with Crippen LogP contribution in [0.5, 0.6) is 0 Å². The van der Waals surface area contributed by atoms with Gasteiger partial charge in [-0.3, -0.25) is 4.79 Å². The van der Waals surface area contributed by atoms with Gasteiger partial charge in [-0.15, -0.1) is 0 Å². The fraction of sp³-hybridized carbons (Fsp3) is 0.824. The number of rotatable bonds is 14. The third-order valence-electron chi connectivity index (χ3n) is 2.75. The number of hydrogen-bond donors (Lipinski definition) is 1. The van der Waals surface area contributed by atoms with Crippen molar-refractivity contribution in [3.8, 4) is 0 Å². The number of unbranched alkanes of at least 4 members (excludes halogenated alkanes) is 6. The monoisotopic (exact) mass is 277 g/mol. The zero-order valence-electron chi connectivity index (χ0n) is 20.6. The molecule has 112 valence electrons. The Morgan fingerprint density at radius 2 is 1.63 bits per heavy atom. The van der Waals surface area contributed by atoms with Gasteiger partial charge in [-0.1, -0.05) is 63.8 Å². The topological polar surface area (TPSA) is 37.3 Å². The summed E-state index contributed by atoms with van der Waals surface area (Å²) in [6.45, 7) is -3.25. The SMILES string of the molecule is [2H]C([2H])([2H])C([2H])([2H])C([2H])([2H])C([2H])([2H])CCCC/C=C\CCCCCCC(=O)O. The molecule has 0 radical (unpaired) electrons. The molecule has 0 heterocycles. The Hall–Kier alpha value is -0.790. The Kier molecular flexibility index (Phi) is 6.31. The summed E-state index contributed by atoms with van der Waals surface area (Å²) >= 11 is 0. The van der Waals surface area contributed by atoms with Crippen LogP contribution >= 0.6 is 0 Å². The van der Waals surface area contributed by atoms with Crippen LogP contribution in [0.3, 0.4) is 0 Å². The normalized spacial score (nSPS) is 21.2. The van der Waals surface area contributed by atoms with Crippen molar-refractivity contribution in [2.45, 2.75) is 90.2 Å². The number of carboxylic acid groups (broad SMARTS) is 1. The molecule has 0 aromatic heterocycles. The first-order valence-electron chi connectivity index (χ1n) is 11.5. The van der Waals surface area contributed by atoms with E-state index in [1.807, 2.05) is 12.2 Å². The van der Waals surface area contributed by atoms with Crippen molar-refractivity contribution in [2.24, 2.45) is 0 Å². The van der Waals surface area contributed by atoms with Crippen molar-refractivity contribution >= 4 is 5.97 Å². The molecule has 0 unspecified atom stereocenters. The Balaban J connectivity index is 4.14. The molecular formula is C17H32O2. The number of carboxylic acids is 1. The van der Waals surface area contributed by atoms with Crippen LogP contribution in [0.1, 0.15) is 103 Å². The highest BCUT2D eigenvalue weighted by Gasteiger charge is 1.95. The van der Waals surface area contributed by atoms with Crippen LogP contribution in [-0.4, -0.2) is 11.1 Å². The standard InChI is InChI=1S/C17H32O2/c1-2-3-4-5-6-7-8-9-10-11-12-13-14-15-16-17(18)19/h9-10H,2-8,11-16H2,1H3,(H,18,19)/b10-9-/i1D3,2D2,3D2,4D2. The zero-order valence-corrected chi connectivity index (χ0v) is 11.6. The molecule has 0 aromatic carbocycles.